The zero-order valence-electron chi connectivity index (χ0n) is 11.7. The average molecular weight is 297 g/mol. The molecule has 0 unspecified atom stereocenters. The van der Waals surface area contributed by atoms with Crippen molar-refractivity contribution in [2.45, 2.75) is 32.7 Å². The van der Waals surface area contributed by atoms with E-state index in [1.54, 1.807) is 4.57 Å². The smallest absolute Gasteiger partial charge is 0.327 e. The molecule has 0 bridgehead atoms. The summed E-state index contributed by atoms with van der Waals surface area (Å²) in [6, 6.07) is -0.0000715. The zero-order valence-corrected chi connectivity index (χ0v) is 12.4. The third-order valence-electron chi connectivity index (χ3n) is 3.45. The fourth-order valence-corrected chi connectivity index (χ4v) is 2.63. The number of carbonyl (C=O) groups excluding carboxylic acids is 1. The summed E-state index contributed by atoms with van der Waals surface area (Å²) in [5.41, 5.74) is 0.860. The van der Waals surface area contributed by atoms with Crippen LogP contribution in [0.1, 0.15) is 43.1 Å². The lowest BCUT2D eigenvalue weighted by Gasteiger charge is -2.16. The number of fused-ring (bicyclic) bond motifs is 1. The van der Waals surface area contributed by atoms with Crippen LogP contribution in [0.15, 0.2) is 11.0 Å². The van der Waals surface area contributed by atoms with E-state index in [4.69, 9.17) is 11.6 Å². The van der Waals surface area contributed by atoms with Gasteiger partial charge in [-0.25, -0.2) is 9.78 Å². The van der Waals surface area contributed by atoms with Gasteiger partial charge in [0.1, 0.15) is 5.52 Å². The van der Waals surface area contributed by atoms with E-state index in [-0.39, 0.29) is 28.2 Å². The second-order valence-electron chi connectivity index (χ2n) is 4.53. The number of aromatic amines is 1. The highest BCUT2D eigenvalue weighted by molar-refractivity contribution is 6.35. The van der Waals surface area contributed by atoms with Gasteiger partial charge in [-0.05, 0) is 12.8 Å². The van der Waals surface area contributed by atoms with E-state index in [1.165, 1.54) is 13.2 Å². The number of rotatable bonds is 4. The number of nitrogens with zero attached hydrogens (tertiary/aromatic N) is 2. The molecule has 0 fully saturated rings. The number of aromatic nitrogens is 3. The van der Waals surface area contributed by atoms with Crippen LogP contribution < -0.4 is 11.0 Å². The molecule has 0 aromatic carbocycles. The van der Waals surface area contributed by atoms with E-state index in [1.807, 2.05) is 13.8 Å². The number of hydrogen-bond acceptors (Lipinski definition) is 3. The lowest BCUT2D eigenvalue weighted by Crippen LogP contribution is -2.24. The molecule has 2 heterocycles. The normalized spacial score (nSPS) is 11.2. The van der Waals surface area contributed by atoms with E-state index in [0.717, 1.165) is 12.8 Å². The highest BCUT2D eigenvalue weighted by atomic mass is 35.5. The largest absolute Gasteiger partial charge is 0.355 e. The Bertz CT molecular complexity index is 700. The van der Waals surface area contributed by atoms with Gasteiger partial charge in [-0.1, -0.05) is 25.4 Å². The number of halogens is 1. The molecule has 6 nitrogen and oxygen atoms in total. The molecule has 0 saturated carbocycles. The molecule has 2 rings (SSSR count). The Balaban J connectivity index is 2.87. The van der Waals surface area contributed by atoms with E-state index < -0.39 is 0 Å². The van der Waals surface area contributed by atoms with Gasteiger partial charge in [-0.15, -0.1) is 0 Å². The van der Waals surface area contributed by atoms with Crippen LogP contribution in [0.3, 0.4) is 0 Å². The van der Waals surface area contributed by atoms with Crippen LogP contribution in [0.4, 0.5) is 0 Å². The number of pyridine rings is 1. The van der Waals surface area contributed by atoms with Gasteiger partial charge in [0, 0.05) is 19.3 Å². The Morgan fingerprint density at radius 3 is 2.70 bits per heavy atom. The fourth-order valence-electron chi connectivity index (χ4n) is 2.41. The summed E-state index contributed by atoms with van der Waals surface area (Å²) in [6.07, 6.45) is 2.94. The van der Waals surface area contributed by atoms with Gasteiger partial charge < -0.3 is 5.32 Å². The monoisotopic (exact) mass is 296 g/mol. The maximum Gasteiger partial charge on any atom is 0.327 e. The van der Waals surface area contributed by atoms with E-state index >= 15 is 0 Å². The summed E-state index contributed by atoms with van der Waals surface area (Å²) in [5, 5.41) is 2.78. The van der Waals surface area contributed by atoms with Gasteiger partial charge in [-0.2, -0.15) is 0 Å². The van der Waals surface area contributed by atoms with Gasteiger partial charge >= 0.3 is 5.69 Å². The summed E-state index contributed by atoms with van der Waals surface area (Å²) in [5.74, 6) is -0.332. The second-order valence-corrected chi connectivity index (χ2v) is 4.94. The Hall–Kier alpha value is -1.82. The van der Waals surface area contributed by atoms with Crippen LogP contribution >= 0.6 is 11.6 Å². The van der Waals surface area contributed by atoms with Crippen molar-refractivity contribution in [1.29, 1.82) is 0 Å². The molecule has 2 aromatic heterocycles. The third kappa shape index (κ3) is 2.20. The molecule has 1 amide bonds. The van der Waals surface area contributed by atoms with Gasteiger partial charge in [0.25, 0.3) is 5.91 Å². The first-order valence-corrected chi connectivity index (χ1v) is 6.93. The number of nitrogens with one attached hydrogen (secondary N) is 2. The standard InChI is InChI=1S/C13H17ClN4O2/c1-4-7(5-2)18-10-9(12(19)15-3)8(14)6-16-11(10)17-13(18)20/h6-7H,4-5H2,1-3H3,(H,15,19)(H,16,17,20). The van der Waals surface area contributed by atoms with E-state index in [2.05, 4.69) is 15.3 Å². The van der Waals surface area contributed by atoms with E-state index in [0.29, 0.717) is 11.2 Å². The predicted molar refractivity (Wildman–Crippen MR) is 78.4 cm³/mol. The molecule has 0 aliphatic rings. The minimum atomic E-state index is -0.332. The molecule has 0 spiro atoms. The molecule has 2 N–H and O–H groups in total. The van der Waals surface area contributed by atoms with Crippen molar-refractivity contribution in [3.63, 3.8) is 0 Å². The summed E-state index contributed by atoms with van der Waals surface area (Å²) in [4.78, 5) is 31.0. The Kier molecular flexibility index (Phi) is 4.13. The quantitative estimate of drug-likeness (QED) is 0.906. The van der Waals surface area contributed by atoms with E-state index in [9.17, 15) is 9.59 Å². The summed E-state index contributed by atoms with van der Waals surface area (Å²) in [7, 11) is 1.52. The number of hydrogen-bond donors (Lipinski definition) is 2. The molecule has 0 atom stereocenters. The minimum Gasteiger partial charge on any atom is -0.355 e. The lowest BCUT2D eigenvalue weighted by atomic mass is 10.1. The number of carbonyl (C=O) groups is 1. The van der Waals surface area contributed by atoms with Crippen LogP contribution in [0.2, 0.25) is 5.02 Å². The van der Waals surface area contributed by atoms with Crippen LogP contribution in [-0.2, 0) is 0 Å². The first-order chi connectivity index (χ1) is 9.54. The molecule has 0 aliphatic heterocycles. The lowest BCUT2D eigenvalue weighted by molar-refractivity contribution is 0.0964. The summed E-state index contributed by atoms with van der Waals surface area (Å²) in [6.45, 7) is 3.99. The third-order valence-corrected chi connectivity index (χ3v) is 3.74. The van der Waals surface area contributed by atoms with Crippen molar-refractivity contribution in [2.75, 3.05) is 7.05 Å². The van der Waals surface area contributed by atoms with Crippen molar-refractivity contribution in [3.05, 3.63) is 27.3 Å². The van der Waals surface area contributed by atoms with Gasteiger partial charge in [-0.3, -0.25) is 14.3 Å². The minimum absolute atomic E-state index is 0.0000715. The first kappa shape index (κ1) is 14.6. The van der Waals surface area contributed by atoms with Crippen molar-refractivity contribution in [3.8, 4) is 0 Å². The van der Waals surface area contributed by atoms with Gasteiger partial charge in [0.05, 0.1) is 10.6 Å². The van der Waals surface area contributed by atoms with Crippen molar-refractivity contribution < 1.29 is 4.79 Å². The maximum absolute atomic E-state index is 12.2. The van der Waals surface area contributed by atoms with Crippen LogP contribution in [-0.4, -0.2) is 27.5 Å². The highest BCUT2D eigenvalue weighted by Crippen LogP contribution is 2.26. The first-order valence-electron chi connectivity index (χ1n) is 6.55. The topological polar surface area (TPSA) is 79.8 Å². The molecule has 0 saturated heterocycles. The predicted octanol–water partition coefficient (Wildman–Crippen LogP) is 2.10. The molecule has 7 heteroatoms. The SMILES string of the molecule is CCC(CC)n1c(=O)[nH]c2ncc(Cl)c(C(=O)NC)c21. The molecule has 0 aliphatic carbocycles. The van der Waals surface area contributed by atoms with Gasteiger partial charge in [0.15, 0.2) is 5.65 Å². The van der Waals surface area contributed by atoms with Crippen LogP contribution in [0, 0.1) is 0 Å². The average Bonchev–Trinajstić information content (AvgIpc) is 2.77. The van der Waals surface area contributed by atoms with Gasteiger partial charge in [0.2, 0.25) is 0 Å². The fraction of sp³-hybridized carbons (Fsp3) is 0.462. The van der Waals surface area contributed by atoms with Crippen LogP contribution in [0.25, 0.3) is 11.2 Å². The zero-order chi connectivity index (χ0) is 14.9. The molecular formula is C13H17ClN4O2. The Morgan fingerprint density at radius 1 is 1.50 bits per heavy atom. The Morgan fingerprint density at radius 2 is 2.15 bits per heavy atom. The highest BCUT2D eigenvalue weighted by Gasteiger charge is 2.23. The van der Waals surface area contributed by atoms with Crippen molar-refractivity contribution in [1.82, 2.24) is 19.9 Å². The maximum atomic E-state index is 12.2. The summed E-state index contributed by atoms with van der Waals surface area (Å²) >= 11 is 6.10. The number of amides is 1. The van der Waals surface area contributed by atoms with Crippen molar-refractivity contribution in [2.24, 2.45) is 0 Å². The molecule has 108 valence electrons. The number of imidazole rings is 1. The molecular weight excluding hydrogens is 280 g/mol. The van der Waals surface area contributed by atoms with Crippen LogP contribution in [0.5, 0.6) is 0 Å². The van der Waals surface area contributed by atoms with Crippen molar-refractivity contribution >= 4 is 28.7 Å². The Labute approximate surface area is 121 Å². The summed E-state index contributed by atoms with van der Waals surface area (Å²) < 4.78 is 1.58. The molecule has 20 heavy (non-hydrogen) atoms. The molecule has 2 aromatic rings. The molecule has 0 radical (unpaired) electrons. The number of H-pyrrole nitrogens is 1. The second kappa shape index (κ2) is 5.66.